The van der Waals surface area contributed by atoms with Gasteiger partial charge in [-0.3, -0.25) is 14.9 Å². The first-order valence-electron chi connectivity index (χ1n) is 4.69. The summed E-state index contributed by atoms with van der Waals surface area (Å²) in [5.41, 5.74) is 1.47. The lowest BCUT2D eigenvalue weighted by Crippen LogP contribution is -2.05. The summed E-state index contributed by atoms with van der Waals surface area (Å²) in [6.45, 7) is 2.85. The third kappa shape index (κ3) is 3.53. The van der Waals surface area contributed by atoms with Crippen molar-refractivity contribution in [3.63, 3.8) is 0 Å². The number of carbonyl (C=O) groups is 1. The van der Waals surface area contributed by atoms with Gasteiger partial charge in [0.15, 0.2) is 0 Å². The lowest BCUT2D eigenvalue weighted by atomic mass is 10.2. The molecule has 84 valence electrons. The van der Waals surface area contributed by atoms with Crippen LogP contribution < -0.4 is 5.32 Å². The van der Waals surface area contributed by atoms with Gasteiger partial charge in [-0.1, -0.05) is 12.1 Å². The van der Waals surface area contributed by atoms with Crippen LogP contribution in [0.15, 0.2) is 30.0 Å². The first kappa shape index (κ1) is 11.9. The zero-order valence-corrected chi connectivity index (χ0v) is 9.06. The van der Waals surface area contributed by atoms with E-state index in [0.717, 1.165) is 5.56 Å². The maximum absolute atomic E-state index is 10.8. The summed E-state index contributed by atoms with van der Waals surface area (Å²) in [5, 5.41) is 13.0. The van der Waals surface area contributed by atoms with E-state index < -0.39 is 4.92 Å². The highest BCUT2D eigenvalue weighted by atomic mass is 16.6. The molecule has 1 aromatic carbocycles. The molecule has 0 fully saturated rings. The summed E-state index contributed by atoms with van der Waals surface area (Å²) in [6.07, 6.45) is 1.47. The Kier molecular flexibility index (Phi) is 3.77. The predicted molar refractivity (Wildman–Crippen MR) is 61.4 cm³/mol. The third-order valence-electron chi connectivity index (χ3n) is 1.89. The molecule has 16 heavy (non-hydrogen) atoms. The zero-order chi connectivity index (χ0) is 12.1. The summed E-state index contributed by atoms with van der Waals surface area (Å²) < 4.78 is 0. The predicted octanol–water partition coefficient (Wildman–Crippen LogP) is 2.28. The number of carbonyl (C=O) groups excluding carboxylic acids is 1. The second-order valence-corrected chi connectivity index (χ2v) is 3.35. The van der Waals surface area contributed by atoms with Crippen LogP contribution in [0.2, 0.25) is 0 Å². The minimum absolute atomic E-state index is 0.0762. The molecular formula is C11H12N2O3. The van der Waals surface area contributed by atoms with Gasteiger partial charge >= 0.3 is 0 Å². The van der Waals surface area contributed by atoms with Crippen molar-refractivity contribution in [3.05, 3.63) is 45.6 Å². The van der Waals surface area contributed by atoms with Gasteiger partial charge in [0.2, 0.25) is 11.6 Å². The lowest BCUT2D eigenvalue weighted by molar-refractivity contribution is -0.422. The second kappa shape index (κ2) is 5.06. The highest BCUT2D eigenvalue weighted by Gasteiger charge is 2.02. The minimum atomic E-state index is -0.443. The average molecular weight is 220 g/mol. The molecule has 0 atom stereocenters. The minimum Gasteiger partial charge on any atom is -0.326 e. The number of allylic oxidation sites excluding steroid dienone is 1. The maximum Gasteiger partial charge on any atom is 0.243 e. The van der Waals surface area contributed by atoms with Gasteiger partial charge in [0.25, 0.3) is 0 Å². The molecule has 0 bridgehead atoms. The van der Waals surface area contributed by atoms with E-state index in [0.29, 0.717) is 5.69 Å². The summed E-state index contributed by atoms with van der Waals surface area (Å²) >= 11 is 0. The Bertz CT molecular complexity index is 435. The molecule has 0 saturated carbocycles. The van der Waals surface area contributed by atoms with E-state index in [9.17, 15) is 14.9 Å². The van der Waals surface area contributed by atoms with Crippen LogP contribution in [0.4, 0.5) is 5.69 Å². The van der Waals surface area contributed by atoms with Crippen LogP contribution in [0.1, 0.15) is 19.4 Å². The van der Waals surface area contributed by atoms with Crippen molar-refractivity contribution in [2.24, 2.45) is 0 Å². The fourth-order valence-electron chi connectivity index (χ4n) is 1.16. The SMILES string of the molecule is CC(=O)Nc1ccc(/C=C(/C)[N+](=O)[O-])cc1. The molecule has 5 heteroatoms. The van der Waals surface area contributed by atoms with Gasteiger partial charge in [-0.05, 0) is 17.7 Å². The monoisotopic (exact) mass is 220 g/mol. The molecule has 0 aliphatic rings. The van der Waals surface area contributed by atoms with Gasteiger partial charge < -0.3 is 5.32 Å². The van der Waals surface area contributed by atoms with Crippen LogP contribution in [-0.2, 0) is 4.79 Å². The van der Waals surface area contributed by atoms with Crippen LogP contribution in [-0.4, -0.2) is 10.8 Å². The van der Waals surface area contributed by atoms with E-state index in [4.69, 9.17) is 0 Å². The number of nitrogens with one attached hydrogen (secondary N) is 1. The molecule has 1 rings (SSSR count). The quantitative estimate of drug-likeness (QED) is 0.627. The van der Waals surface area contributed by atoms with E-state index >= 15 is 0 Å². The van der Waals surface area contributed by atoms with Gasteiger partial charge in [-0.2, -0.15) is 0 Å². The summed E-state index contributed by atoms with van der Waals surface area (Å²) in [7, 11) is 0. The molecule has 0 unspecified atom stereocenters. The molecule has 0 saturated heterocycles. The lowest BCUT2D eigenvalue weighted by Gasteiger charge is -2.01. The molecule has 0 spiro atoms. The van der Waals surface area contributed by atoms with Crippen molar-refractivity contribution in [2.45, 2.75) is 13.8 Å². The van der Waals surface area contributed by atoms with Crippen LogP contribution in [0, 0.1) is 10.1 Å². The Hall–Kier alpha value is -2.17. The number of hydrogen-bond acceptors (Lipinski definition) is 3. The Labute approximate surface area is 92.9 Å². The van der Waals surface area contributed by atoms with Crippen molar-refractivity contribution < 1.29 is 9.72 Å². The van der Waals surface area contributed by atoms with Gasteiger partial charge in [0, 0.05) is 25.6 Å². The standard InChI is InChI=1S/C11H12N2O3/c1-8(13(15)16)7-10-3-5-11(6-4-10)12-9(2)14/h3-7H,1-2H3,(H,12,14)/b8-7-. The fraction of sp³-hybridized carbons (Fsp3) is 0.182. The van der Waals surface area contributed by atoms with Gasteiger partial charge in [0.05, 0.1) is 4.92 Å². The fourth-order valence-corrected chi connectivity index (χ4v) is 1.16. The Morgan fingerprint density at radius 1 is 1.31 bits per heavy atom. The van der Waals surface area contributed by atoms with Crippen LogP contribution in [0.25, 0.3) is 6.08 Å². The summed E-state index contributed by atoms with van der Waals surface area (Å²) in [4.78, 5) is 20.7. The number of anilines is 1. The van der Waals surface area contributed by atoms with Gasteiger partial charge in [-0.25, -0.2) is 0 Å². The van der Waals surface area contributed by atoms with Crippen LogP contribution in [0.5, 0.6) is 0 Å². The number of nitrogens with zero attached hydrogens (tertiary/aromatic N) is 1. The molecule has 0 aliphatic heterocycles. The van der Waals surface area contributed by atoms with Crippen molar-refractivity contribution in [1.82, 2.24) is 0 Å². The normalized spacial score (nSPS) is 11.0. The largest absolute Gasteiger partial charge is 0.326 e. The van der Waals surface area contributed by atoms with E-state index in [1.54, 1.807) is 24.3 Å². The average Bonchev–Trinajstić information content (AvgIpc) is 2.20. The number of amides is 1. The smallest absolute Gasteiger partial charge is 0.243 e. The first-order valence-corrected chi connectivity index (χ1v) is 4.69. The van der Waals surface area contributed by atoms with Crippen molar-refractivity contribution in [2.75, 3.05) is 5.32 Å². The van der Waals surface area contributed by atoms with Crippen molar-refractivity contribution in [1.29, 1.82) is 0 Å². The Balaban J connectivity index is 2.83. The number of nitro groups is 1. The van der Waals surface area contributed by atoms with Gasteiger partial charge in [0.1, 0.15) is 0 Å². The topological polar surface area (TPSA) is 72.2 Å². The molecule has 5 nitrogen and oxygen atoms in total. The van der Waals surface area contributed by atoms with E-state index in [1.807, 2.05) is 0 Å². The third-order valence-corrected chi connectivity index (χ3v) is 1.89. The molecule has 0 radical (unpaired) electrons. The highest BCUT2D eigenvalue weighted by Crippen LogP contribution is 2.12. The first-order chi connectivity index (χ1) is 7.49. The van der Waals surface area contributed by atoms with E-state index in [2.05, 4.69) is 5.32 Å². The number of hydrogen-bond donors (Lipinski definition) is 1. The molecule has 0 aromatic heterocycles. The van der Waals surface area contributed by atoms with Crippen molar-refractivity contribution >= 4 is 17.7 Å². The van der Waals surface area contributed by atoms with Crippen LogP contribution >= 0.6 is 0 Å². The zero-order valence-electron chi connectivity index (χ0n) is 9.06. The molecule has 1 aromatic rings. The summed E-state index contributed by atoms with van der Waals surface area (Å²) in [5.74, 6) is -0.148. The number of benzene rings is 1. The molecular weight excluding hydrogens is 208 g/mol. The van der Waals surface area contributed by atoms with Crippen LogP contribution in [0.3, 0.4) is 0 Å². The molecule has 0 aliphatic carbocycles. The van der Waals surface area contributed by atoms with Crippen molar-refractivity contribution in [3.8, 4) is 0 Å². The molecule has 0 heterocycles. The Morgan fingerprint density at radius 3 is 2.31 bits per heavy atom. The van der Waals surface area contributed by atoms with E-state index in [-0.39, 0.29) is 11.6 Å². The number of rotatable bonds is 3. The molecule has 1 N–H and O–H groups in total. The summed E-state index contributed by atoms with van der Waals surface area (Å²) in [6, 6.07) is 6.80. The van der Waals surface area contributed by atoms with Gasteiger partial charge in [-0.15, -0.1) is 0 Å². The second-order valence-electron chi connectivity index (χ2n) is 3.35. The maximum atomic E-state index is 10.8. The Morgan fingerprint density at radius 2 is 1.88 bits per heavy atom. The molecule has 1 amide bonds. The highest BCUT2D eigenvalue weighted by molar-refractivity contribution is 5.88. The van der Waals surface area contributed by atoms with E-state index in [1.165, 1.54) is 19.9 Å².